The highest BCUT2D eigenvalue weighted by molar-refractivity contribution is 8.00. The van der Waals surface area contributed by atoms with E-state index in [0.29, 0.717) is 22.9 Å². The van der Waals surface area contributed by atoms with Crippen LogP contribution in [0.25, 0.3) is 0 Å². The van der Waals surface area contributed by atoms with Gasteiger partial charge in [0.25, 0.3) is 0 Å². The Balaban J connectivity index is 1.57. The molecule has 7 heteroatoms. The van der Waals surface area contributed by atoms with Crippen molar-refractivity contribution in [3.63, 3.8) is 0 Å². The Morgan fingerprint density at radius 2 is 1.71 bits per heavy atom. The van der Waals surface area contributed by atoms with Gasteiger partial charge in [-0.25, -0.2) is 4.39 Å². The number of hydrogen-bond acceptors (Lipinski definition) is 5. The minimum Gasteiger partial charge on any atom is -0.301 e. The summed E-state index contributed by atoms with van der Waals surface area (Å²) in [5.41, 5.74) is 0.638. The molecule has 1 aromatic heterocycles. The number of anilines is 1. The topological polar surface area (TPSA) is 54.9 Å². The van der Waals surface area contributed by atoms with Gasteiger partial charge >= 0.3 is 0 Å². The number of unbranched alkanes of at least 4 members (excludes halogenated alkanes) is 8. The first-order valence-corrected chi connectivity index (χ1v) is 12.0. The van der Waals surface area contributed by atoms with Crippen LogP contribution in [0.1, 0.15) is 76.7 Å². The summed E-state index contributed by atoms with van der Waals surface area (Å²) < 4.78 is 14.4. The van der Waals surface area contributed by atoms with Crippen LogP contribution in [0, 0.1) is 5.82 Å². The monoisotopic (exact) mass is 423 g/mol. The van der Waals surface area contributed by atoms with E-state index in [2.05, 4.69) is 22.4 Å². The lowest BCUT2D eigenvalue weighted by atomic mass is 10.1. The molecule has 1 N–H and O–H groups in total. The van der Waals surface area contributed by atoms with Crippen LogP contribution in [0.4, 0.5) is 9.52 Å². The predicted molar refractivity (Wildman–Crippen MR) is 116 cm³/mol. The van der Waals surface area contributed by atoms with Gasteiger partial charge in [-0.15, -0.1) is 10.2 Å². The summed E-state index contributed by atoms with van der Waals surface area (Å²) >= 11 is 2.75. The Morgan fingerprint density at radius 3 is 2.43 bits per heavy atom. The smallest absolute Gasteiger partial charge is 0.226 e. The Morgan fingerprint density at radius 1 is 1.04 bits per heavy atom. The molecule has 0 saturated carbocycles. The Kier molecular flexibility index (Phi) is 11.1. The summed E-state index contributed by atoms with van der Waals surface area (Å²) in [6.45, 7) is 2.23. The number of benzene rings is 1. The van der Waals surface area contributed by atoms with Crippen molar-refractivity contribution in [1.29, 1.82) is 0 Å². The normalized spacial score (nSPS) is 10.9. The average molecular weight is 424 g/mol. The predicted octanol–water partition coefficient (Wildman–Crippen LogP) is 6.83. The van der Waals surface area contributed by atoms with E-state index in [1.54, 1.807) is 12.1 Å². The molecule has 0 unspecified atom stereocenters. The average Bonchev–Trinajstić information content (AvgIpc) is 3.13. The van der Waals surface area contributed by atoms with E-state index in [0.717, 1.165) is 17.2 Å². The molecule has 0 aliphatic rings. The largest absolute Gasteiger partial charge is 0.301 e. The molecule has 4 nitrogen and oxygen atoms in total. The Labute approximate surface area is 175 Å². The molecule has 0 aliphatic heterocycles. The lowest BCUT2D eigenvalue weighted by Gasteiger charge is -2.02. The van der Waals surface area contributed by atoms with Gasteiger partial charge < -0.3 is 5.32 Å². The van der Waals surface area contributed by atoms with Crippen LogP contribution in [-0.4, -0.2) is 16.1 Å². The van der Waals surface area contributed by atoms with Crippen molar-refractivity contribution >= 4 is 34.1 Å². The molecule has 0 saturated heterocycles. The summed E-state index contributed by atoms with van der Waals surface area (Å²) in [5, 5.41) is 11.4. The van der Waals surface area contributed by atoms with Crippen molar-refractivity contribution in [3.8, 4) is 0 Å². The Bertz CT molecular complexity index is 708. The standard InChI is InChI=1S/C21H30FN3OS2/c1-2-3-4-5-6-7-8-9-10-15-19(26)23-20-24-25-21(28-20)27-16-17-13-11-12-14-18(17)22/h11-14H,2-10,15-16H2,1H3,(H,23,24,26). The van der Waals surface area contributed by atoms with Crippen LogP contribution >= 0.6 is 23.1 Å². The van der Waals surface area contributed by atoms with Crippen molar-refractivity contribution in [1.82, 2.24) is 10.2 Å². The molecule has 0 spiro atoms. The van der Waals surface area contributed by atoms with E-state index >= 15 is 0 Å². The number of aromatic nitrogens is 2. The molecule has 1 heterocycles. The SMILES string of the molecule is CCCCCCCCCCCC(=O)Nc1nnc(SCc2ccccc2F)s1. The van der Waals surface area contributed by atoms with Crippen molar-refractivity contribution in [2.45, 2.75) is 81.2 Å². The third-order valence-corrected chi connectivity index (χ3v) is 6.49. The highest BCUT2D eigenvalue weighted by atomic mass is 32.2. The lowest BCUT2D eigenvalue weighted by molar-refractivity contribution is -0.116. The number of thioether (sulfide) groups is 1. The minimum atomic E-state index is -0.214. The number of amides is 1. The van der Waals surface area contributed by atoms with Crippen LogP contribution in [0.5, 0.6) is 0 Å². The number of halogens is 1. The first-order chi connectivity index (χ1) is 13.7. The van der Waals surface area contributed by atoms with Gasteiger partial charge in [0.2, 0.25) is 11.0 Å². The third-order valence-electron chi connectivity index (χ3n) is 4.47. The molecule has 1 amide bonds. The molecule has 1 aromatic carbocycles. The molecule has 0 radical (unpaired) electrons. The number of carbonyl (C=O) groups excluding carboxylic acids is 1. The second kappa shape index (κ2) is 13.7. The maximum absolute atomic E-state index is 13.6. The highest BCUT2D eigenvalue weighted by Gasteiger charge is 2.10. The first-order valence-electron chi connectivity index (χ1n) is 10.2. The van der Waals surface area contributed by atoms with Gasteiger partial charge in [-0.05, 0) is 18.1 Å². The lowest BCUT2D eigenvalue weighted by Crippen LogP contribution is -2.10. The zero-order valence-electron chi connectivity index (χ0n) is 16.6. The quantitative estimate of drug-likeness (QED) is 0.205. The summed E-state index contributed by atoms with van der Waals surface area (Å²) in [5.74, 6) is 0.270. The fourth-order valence-electron chi connectivity index (χ4n) is 2.85. The second-order valence-corrected chi connectivity index (χ2v) is 9.08. The number of rotatable bonds is 14. The van der Waals surface area contributed by atoms with Gasteiger partial charge in [0.1, 0.15) is 5.82 Å². The van der Waals surface area contributed by atoms with Gasteiger partial charge in [0.05, 0.1) is 0 Å². The van der Waals surface area contributed by atoms with Crippen LogP contribution < -0.4 is 5.32 Å². The highest BCUT2D eigenvalue weighted by Crippen LogP contribution is 2.29. The number of hydrogen-bond donors (Lipinski definition) is 1. The van der Waals surface area contributed by atoms with E-state index in [1.807, 2.05) is 6.07 Å². The summed E-state index contributed by atoms with van der Waals surface area (Å²) in [4.78, 5) is 12.0. The summed E-state index contributed by atoms with van der Waals surface area (Å²) in [6.07, 6.45) is 11.6. The fourth-order valence-corrected chi connectivity index (χ4v) is 4.61. The minimum absolute atomic E-state index is 0.00949. The van der Waals surface area contributed by atoms with E-state index in [4.69, 9.17) is 0 Å². The molecule has 2 aromatic rings. The zero-order valence-corrected chi connectivity index (χ0v) is 18.2. The number of nitrogens with zero attached hydrogens (tertiary/aromatic N) is 2. The van der Waals surface area contributed by atoms with Crippen molar-refractivity contribution in [3.05, 3.63) is 35.6 Å². The molecule has 154 valence electrons. The molecule has 0 aliphatic carbocycles. The van der Waals surface area contributed by atoms with E-state index in [9.17, 15) is 9.18 Å². The third kappa shape index (κ3) is 9.15. The molecule has 0 bridgehead atoms. The number of carbonyl (C=O) groups is 1. The van der Waals surface area contributed by atoms with Gasteiger partial charge in [0, 0.05) is 12.2 Å². The Hall–Kier alpha value is -1.47. The van der Waals surface area contributed by atoms with E-state index in [1.165, 1.54) is 74.1 Å². The van der Waals surface area contributed by atoms with Crippen LogP contribution in [-0.2, 0) is 10.5 Å². The molecule has 2 rings (SSSR count). The maximum Gasteiger partial charge on any atom is 0.226 e. The molecule has 0 atom stereocenters. The molecular weight excluding hydrogens is 393 g/mol. The van der Waals surface area contributed by atoms with E-state index < -0.39 is 0 Å². The van der Waals surface area contributed by atoms with Crippen LogP contribution in [0.3, 0.4) is 0 Å². The van der Waals surface area contributed by atoms with E-state index in [-0.39, 0.29) is 11.7 Å². The van der Waals surface area contributed by atoms with Crippen molar-refractivity contribution in [2.75, 3.05) is 5.32 Å². The van der Waals surface area contributed by atoms with Gasteiger partial charge in [0.15, 0.2) is 4.34 Å². The first kappa shape index (κ1) is 22.8. The maximum atomic E-state index is 13.6. The summed E-state index contributed by atoms with van der Waals surface area (Å²) in [7, 11) is 0. The molecule has 0 fully saturated rings. The van der Waals surface area contributed by atoms with Crippen molar-refractivity contribution < 1.29 is 9.18 Å². The van der Waals surface area contributed by atoms with Gasteiger partial charge in [-0.3, -0.25) is 4.79 Å². The van der Waals surface area contributed by atoms with Crippen molar-refractivity contribution in [2.24, 2.45) is 0 Å². The molecule has 28 heavy (non-hydrogen) atoms. The van der Waals surface area contributed by atoms with Crippen LogP contribution in [0.2, 0.25) is 0 Å². The van der Waals surface area contributed by atoms with Gasteiger partial charge in [-0.1, -0.05) is 99.6 Å². The number of nitrogens with one attached hydrogen (secondary N) is 1. The zero-order chi connectivity index (χ0) is 20.0. The van der Waals surface area contributed by atoms with Gasteiger partial charge in [-0.2, -0.15) is 0 Å². The second-order valence-electron chi connectivity index (χ2n) is 6.88. The van der Waals surface area contributed by atoms with Crippen LogP contribution in [0.15, 0.2) is 28.6 Å². The summed E-state index contributed by atoms with van der Waals surface area (Å²) in [6, 6.07) is 6.71. The fraction of sp³-hybridized carbons (Fsp3) is 0.571. The molecular formula is C21H30FN3OS2.